The van der Waals surface area contributed by atoms with Gasteiger partial charge in [-0.05, 0) is 12.1 Å². The molecule has 1 amide bonds. The molecule has 6 nitrogen and oxygen atoms in total. The summed E-state index contributed by atoms with van der Waals surface area (Å²) in [5.74, 6) is -1.20. The van der Waals surface area contributed by atoms with Crippen LogP contribution in [0.5, 0.6) is 11.5 Å². The summed E-state index contributed by atoms with van der Waals surface area (Å²) in [6.45, 7) is 0. The van der Waals surface area contributed by atoms with Gasteiger partial charge in [-0.15, -0.1) is 8.78 Å². The number of carbonyl (C=O) groups excluding carboxylic acids is 1. The van der Waals surface area contributed by atoms with E-state index in [2.05, 4.69) is 14.8 Å². The van der Waals surface area contributed by atoms with Gasteiger partial charge in [-0.2, -0.15) is 0 Å². The Morgan fingerprint density at radius 1 is 1.32 bits per heavy atom. The van der Waals surface area contributed by atoms with E-state index >= 15 is 0 Å². The van der Waals surface area contributed by atoms with Crippen LogP contribution in [0.15, 0.2) is 29.7 Å². The average molecular weight is 331 g/mol. The third kappa shape index (κ3) is 3.19. The van der Waals surface area contributed by atoms with Crippen LogP contribution in [-0.2, 0) is 14.6 Å². The van der Waals surface area contributed by atoms with Crippen molar-refractivity contribution in [3.63, 3.8) is 0 Å². The van der Waals surface area contributed by atoms with Gasteiger partial charge in [-0.25, -0.2) is 8.42 Å². The van der Waals surface area contributed by atoms with Crippen LogP contribution in [0.2, 0.25) is 0 Å². The van der Waals surface area contributed by atoms with E-state index < -0.39 is 22.0 Å². The van der Waals surface area contributed by atoms with Crippen LogP contribution in [0.25, 0.3) is 0 Å². The molecule has 118 valence electrons. The number of allylic oxidation sites excluding steroid dienone is 1. The van der Waals surface area contributed by atoms with Crippen LogP contribution in [0.4, 0.5) is 14.5 Å². The Morgan fingerprint density at radius 3 is 2.73 bits per heavy atom. The highest BCUT2D eigenvalue weighted by Gasteiger charge is 2.43. The lowest BCUT2D eigenvalue weighted by molar-refractivity contribution is -0.286. The molecule has 0 spiro atoms. The maximum atomic E-state index is 12.9. The molecule has 1 N–H and O–H groups in total. The highest BCUT2D eigenvalue weighted by atomic mass is 32.2. The fourth-order valence-corrected chi connectivity index (χ4v) is 3.64. The molecule has 2 aliphatic rings. The van der Waals surface area contributed by atoms with Crippen molar-refractivity contribution in [2.24, 2.45) is 5.92 Å². The van der Waals surface area contributed by atoms with Crippen molar-refractivity contribution in [1.82, 2.24) is 0 Å². The van der Waals surface area contributed by atoms with Crippen LogP contribution < -0.4 is 14.8 Å². The van der Waals surface area contributed by atoms with Gasteiger partial charge < -0.3 is 14.8 Å². The third-order valence-corrected chi connectivity index (χ3v) is 4.60. The van der Waals surface area contributed by atoms with Gasteiger partial charge in [0.1, 0.15) is 0 Å². The van der Waals surface area contributed by atoms with E-state index in [0.29, 0.717) is 0 Å². The molecule has 0 fully saturated rings. The van der Waals surface area contributed by atoms with E-state index in [9.17, 15) is 22.0 Å². The number of nitrogens with one attached hydrogen (secondary N) is 1. The SMILES string of the molecule is O=C(CC1C=CS(=O)(=O)C1)Nc1ccc2c(c1)OC(F)(F)O2. The minimum atomic E-state index is -3.71. The number of halogens is 2. The van der Waals surface area contributed by atoms with Crippen LogP contribution in [0, 0.1) is 5.92 Å². The molecule has 1 aromatic carbocycles. The molecule has 0 bridgehead atoms. The molecule has 1 atom stereocenters. The second-order valence-corrected chi connectivity index (χ2v) is 6.93. The second-order valence-electron chi connectivity index (χ2n) is 5.00. The summed E-state index contributed by atoms with van der Waals surface area (Å²) in [6, 6.07) is 3.86. The number of hydrogen-bond acceptors (Lipinski definition) is 5. The zero-order valence-corrected chi connectivity index (χ0v) is 11.9. The molecule has 9 heteroatoms. The standard InChI is InChI=1S/C13H11F2NO5S/c14-13(15)20-10-2-1-9(6-11(10)21-13)16-12(17)5-8-3-4-22(18,19)7-8/h1-4,6,8H,5,7H2,(H,16,17). The van der Waals surface area contributed by atoms with Gasteiger partial charge in [-0.3, -0.25) is 4.79 Å². The summed E-state index contributed by atoms with van der Waals surface area (Å²) in [5, 5.41) is 3.60. The second kappa shape index (κ2) is 4.94. The number of anilines is 1. The predicted molar refractivity (Wildman–Crippen MR) is 72.3 cm³/mol. The molecule has 3 rings (SSSR count). The van der Waals surface area contributed by atoms with Crippen molar-refractivity contribution in [3.05, 3.63) is 29.7 Å². The molecule has 1 aromatic rings. The number of fused-ring (bicyclic) bond motifs is 1. The first kappa shape index (κ1) is 14.8. The molecule has 0 saturated carbocycles. The van der Waals surface area contributed by atoms with E-state index in [1.54, 1.807) is 0 Å². The Balaban J connectivity index is 1.63. The van der Waals surface area contributed by atoms with Crippen molar-refractivity contribution < 1.29 is 31.5 Å². The van der Waals surface area contributed by atoms with Crippen LogP contribution >= 0.6 is 0 Å². The van der Waals surface area contributed by atoms with E-state index in [-0.39, 0.29) is 35.3 Å². The van der Waals surface area contributed by atoms with E-state index in [1.807, 2.05) is 0 Å². The molecular weight excluding hydrogens is 320 g/mol. The number of amides is 1. The van der Waals surface area contributed by atoms with Gasteiger partial charge in [0.2, 0.25) is 5.91 Å². The van der Waals surface area contributed by atoms with Crippen LogP contribution in [-0.4, -0.2) is 26.4 Å². The molecule has 0 aliphatic carbocycles. The Morgan fingerprint density at radius 2 is 2.05 bits per heavy atom. The molecule has 0 saturated heterocycles. The Labute approximate surface area is 124 Å². The first-order valence-corrected chi connectivity index (χ1v) is 8.05. The highest BCUT2D eigenvalue weighted by molar-refractivity contribution is 7.94. The van der Waals surface area contributed by atoms with Gasteiger partial charge >= 0.3 is 6.29 Å². The minimum absolute atomic E-state index is 0.0136. The predicted octanol–water partition coefficient (Wildman–Crippen LogP) is 1.90. The molecule has 22 heavy (non-hydrogen) atoms. The monoisotopic (exact) mass is 331 g/mol. The van der Waals surface area contributed by atoms with E-state index in [0.717, 1.165) is 5.41 Å². The molecule has 2 heterocycles. The number of rotatable bonds is 3. The van der Waals surface area contributed by atoms with Crippen molar-refractivity contribution >= 4 is 21.4 Å². The Bertz CT molecular complexity index is 760. The summed E-state index contributed by atoms with van der Waals surface area (Å²) in [4.78, 5) is 11.8. The minimum Gasteiger partial charge on any atom is -0.395 e. The Kier molecular flexibility index (Phi) is 3.32. The van der Waals surface area contributed by atoms with Gasteiger partial charge in [0.05, 0.1) is 5.75 Å². The van der Waals surface area contributed by atoms with Gasteiger partial charge in [0.25, 0.3) is 0 Å². The van der Waals surface area contributed by atoms with Gasteiger partial charge in [0.15, 0.2) is 21.3 Å². The summed E-state index contributed by atoms with van der Waals surface area (Å²) in [7, 11) is -3.22. The fraction of sp³-hybridized carbons (Fsp3) is 0.308. The van der Waals surface area contributed by atoms with Crippen molar-refractivity contribution in [2.75, 3.05) is 11.1 Å². The van der Waals surface area contributed by atoms with E-state index in [4.69, 9.17) is 0 Å². The summed E-state index contributed by atoms with van der Waals surface area (Å²) < 4.78 is 56.8. The lowest BCUT2D eigenvalue weighted by Crippen LogP contribution is -2.25. The first-order valence-electron chi connectivity index (χ1n) is 6.33. The van der Waals surface area contributed by atoms with Crippen molar-refractivity contribution in [1.29, 1.82) is 0 Å². The number of sulfone groups is 1. The number of carbonyl (C=O) groups is 1. The molecule has 0 radical (unpaired) electrons. The average Bonchev–Trinajstić information content (AvgIpc) is 2.86. The summed E-state index contributed by atoms with van der Waals surface area (Å²) in [6.07, 6.45) is -2.26. The maximum Gasteiger partial charge on any atom is 0.586 e. The smallest absolute Gasteiger partial charge is 0.395 e. The number of alkyl halides is 2. The van der Waals surface area contributed by atoms with Crippen LogP contribution in [0.3, 0.4) is 0 Å². The lowest BCUT2D eigenvalue weighted by atomic mass is 10.1. The fourth-order valence-electron chi connectivity index (χ4n) is 2.24. The van der Waals surface area contributed by atoms with Crippen molar-refractivity contribution in [3.8, 4) is 11.5 Å². The molecule has 2 aliphatic heterocycles. The summed E-state index contributed by atoms with van der Waals surface area (Å²) >= 11 is 0. The molecule has 0 aromatic heterocycles. The number of ether oxygens (including phenoxy) is 2. The zero-order valence-electron chi connectivity index (χ0n) is 11.1. The molecular formula is C13H11F2NO5S. The summed E-state index contributed by atoms with van der Waals surface area (Å²) in [5.41, 5.74) is 0.259. The third-order valence-electron chi connectivity index (χ3n) is 3.14. The lowest BCUT2D eigenvalue weighted by Gasteiger charge is -2.08. The van der Waals surface area contributed by atoms with Crippen molar-refractivity contribution in [2.45, 2.75) is 12.7 Å². The Hall–Kier alpha value is -2.16. The maximum absolute atomic E-state index is 12.9. The number of hydrogen-bond donors (Lipinski definition) is 1. The number of benzene rings is 1. The quantitative estimate of drug-likeness (QED) is 0.915. The van der Waals surface area contributed by atoms with Gasteiger partial charge in [-0.1, -0.05) is 6.08 Å². The normalized spacial score (nSPS) is 23.5. The van der Waals surface area contributed by atoms with Gasteiger partial charge in [0, 0.05) is 29.5 Å². The largest absolute Gasteiger partial charge is 0.586 e. The van der Waals surface area contributed by atoms with E-state index in [1.165, 1.54) is 24.3 Å². The van der Waals surface area contributed by atoms with Crippen LogP contribution in [0.1, 0.15) is 6.42 Å². The first-order chi connectivity index (χ1) is 10.2. The topological polar surface area (TPSA) is 81.7 Å². The zero-order chi connectivity index (χ0) is 16.0. The highest BCUT2D eigenvalue weighted by Crippen LogP contribution is 2.42. The molecule has 1 unspecified atom stereocenters.